The number of hydrogen-bond donors (Lipinski definition) is 3. The third kappa shape index (κ3) is 78.2. The average Bonchev–Trinajstić information content (AvgIpc) is 0.932. The van der Waals surface area contributed by atoms with Gasteiger partial charge in [-0.1, -0.05) is 407 Å². The highest BCUT2D eigenvalue weighted by atomic mass is 31.2. The summed E-state index contributed by atoms with van der Waals surface area (Å²) in [5.41, 5.74) is 0. The molecule has 17 nitrogen and oxygen atoms in total. The molecule has 0 spiro atoms. The maximum atomic E-state index is 13.1. The molecule has 0 saturated heterocycles. The number of aliphatic hydroxyl groups excluding tert-OH is 1. The number of hydrogen-bond acceptors (Lipinski definition) is 15. The first kappa shape index (κ1) is 102. The van der Waals surface area contributed by atoms with Gasteiger partial charge in [-0.05, 0) is 31.6 Å². The predicted molar refractivity (Wildman–Crippen MR) is 428 cm³/mol. The number of rotatable bonds is 85. The van der Waals surface area contributed by atoms with Crippen molar-refractivity contribution in [3.8, 4) is 0 Å². The van der Waals surface area contributed by atoms with Gasteiger partial charge in [-0.25, -0.2) is 9.13 Å². The van der Waals surface area contributed by atoms with Gasteiger partial charge in [-0.3, -0.25) is 37.3 Å². The van der Waals surface area contributed by atoms with Gasteiger partial charge in [0.1, 0.15) is 19.3 Å². The molecule has 0 rings (SSSR count). The molecule has 618 valence electrons. The molecule has 0 bridgehead atoms. The van der Waals surface area contributed by atoms with E-state index in [0.717, 1.165) is 95.8 Å². The van der Waals surface area contributed by atoms with Crippen molar-refractivity contribution in [1.29, 1.82) is 0 Å². The fraction of sp³-hybridized carbons (Fsp3) is 0.953. The molecule has 104 heavy (non-hydrogen) atoms. The van der Waals surface area contributed by atoms with Gasteiger partial charge in [-0.15, -0.1) is 0 Å². The zero-order valence-corrected chi connectivity index (χ0v) is 70.0. The van der Waals surface area contributed by atoms with Gasteiger partial charge in [0.15, 0.2) is 12.2 Å². The number of phosphoric acid groups is 2. The lowest BCUT2D eigenvalue weighted by Gasteiger charge is -2.21. The zero-order valence-electron chi connectivity index (χ0n) is 68.2. The van der Waals surface area contributed by atoms with E-state index in [4.69, 9.17) is 37.0 Å². The van der Waals surface area contributed by atoms with E-state index < -0.39 is 97.5 Å². The van der Waals surface area contributed by atoms with Crippen LogP contribution in [0.15, 0.2) is 0 Å². The molecule has 0 fully saturated rings. The molecule has 0 aliphatic carbocycles. The van der Waals surface area contributed by atoms with Crippen LogP contribution in [-0.2, 0) is 65.4 Å². The monoisotopic (exact) mass is 1520 g/mol. The molecule has 5 atom stereocenters. The van der Waals surface area contributed by atoms with Gasteiger partial charge >= 0.3 is 39.5 Å². The second-order valence-electron chi connectivity index (χ2n) is 31.1. The Labute approximate surface area is 638 Å². The normalized spacial score (nSPS) is 13.8. The number of carbonyl (C=O) groups is 4. The smallest absolute Gasteiger partial charge is 0.462 e. The first-order valence-corrected chi connectivity index (χ1v) is 47.1. The summed E-state index contributed by atoms with van der Waals surface area (Å²) in [6.07, 6.45) is 70.7. The van der Waals surface area contributed by atoms with E-state index in [-0.39, 0.29) is 25.7 Å². The molecule has 3 N–H and O–H groups in total. The minimum Gasteiger partial charge on any atom is -0.462 e. The fourth-order valence-corrected chi connectivity index (χ4v) is 14.9. The molecule has 0 radical (unpaired) electrons. The van der Waals surface area contributed by atoms with Crippen LogP contribution in [0.1, 0.15) is 458 Å². The minimum absolute atomic E-state index is 0.109. The second-order valence-corrected chi connectivity index (χ2v) is 34.0. The molecule has 19 heteroatoms. The molecule has 0 amide bonds. The van der Waals surface area contributed by atoms with Crippen molar-refractivity contribution in [3.63, 3.8) is 0 Å². The number of aliphatic hydroxyl groups is 1. The fourth-order valence-electron chi connectivity index (χ4n) is 13.3. The van der Waals surface area contributed by atoms with Crippen molar-refractivity contribution in [3.05, 3.63) is 0 Å². The lowest BCUT2D eigenvalue weighted by Crippen LogP contribution is -2.30. The van der Waals surface area contributed by atoms with Gasteiger partial charge in [-0.2, -0.15) is 0 Å². The Bertz CT molecular complexity index is 1980. The Hall–Kier alpha value is -1.94. The van der Waals surface area contributed by atoms with E-state index in [2.05, 4.69) is 34.6 Å². The molecule has 0 aliphatic rings. The Kier molecular flexibility index (Phi) is 76.3. The van der Waals surface area contributed by atoms with Gasteiger partial charge < -0.3 is 33.8 Å². The topological polar surface area (TPSA) is 237 Å². The Morgan fingerprint density at radius 2 is 0.442 bits per heavy atom. The van der Waals surface area contributed by atoms with Crippen LogP contribution in [0.2, 0.25) is 0 Å². The van der Waals surface area contributed by atoms with Crippen LogP contribution in [0.5, 0.6) is 0 Å². The van der Waals surface area contributed by atoms with Crippen LogP contribution >= 0.6 is 15.6 Å². The summed E-state index contributed by atoms with van der Waals surface area (Å²) in [4.78, 5) is 73.2. The Morgan fingerprint density at radius 3 is 0.654 bits per heavy atom. The molecule has 0 aromatic rings. The summed E-state index contributed by atoms with van der Waals surface area (Å²) in [6, 6.07) is 0. The van der Waals surface area contributed by atoms with Crippen LogP contribution < -0.4 is 0 Å². The number of esters is 4. The quantitative estimate of drug-likeness (QED) is 0.0222. The highest BCUT2D eigenvalue weighted by Gasteiger charge is 2.30. The molecule has 2 unspecified atom stereocenters. The van der Waals surface area contributed by atoms with Gasteiger partial charge in [0.05, 0.1) is 26.4 Å². The Morgan fingerprint density at radius 1 is 0.260 bits per heavy atom. The first-order chi connectivity index (χ1) is 50.5. The van der Waals surface area contributed by atoms with Crippen molar-refractivity contribution in [2.24, 2.45) is 5.92 Å². The second kappa shape index (κ2) is 77.8. The van der Waals surface area contributed by atoms with Gasteiger partial charge in [0.2, 0.25) is 0 Å². The summed E-state index contributed by atoms with van der Waals surface area (Å²) < 4.78 is 68.9. The van der Waals surface area contributed by atoms with Crippen molar-refractivity contribution < 1.29 is 80.2 Å². The van der Waals surface area contributed by atoms with Crippen LogP contribution in [0.25, 0.3) is 0 Å². The van der Waals surface area contributed by atoms with Crippen LogP contribution in [0.4, 0.5) is 0 Å². The molecule has 0 heterocycles. The molecular formula is C85H166O17P2. The van der Waals surface area contributed by atoms with E-state index in [1.54, 1.807) is 0 Å². The summed E-state index contributed by atoms with van der Waals surface area (Å²) >= 11 is 0. The largest absolute Gasteiger partial charge is 0.472 e. The minimum atomic E-state index is -4.96. The number of phosphoric ester groups is 2. The molecule has 0 aliphatic heterocycles. The predicted octanol–water partition coefficient (Wildman–Crippen LogP) is 26.0. The maximum Gasteiger partial charge on any atom is 0.472 e. The lowest BCUT2D eigenvalue weighted by atomic mass is 10.0. The third-order valence-electron chi connectivity index (χ3n) is 20.0. The summed E-state index contributed by atoms with van der Waals surface area (Å²) in [5, 5.41) is 10.7. The lowest BCUT2D eigenvalue weighted by molar-refractivity contribution is -0.161. The summed E-state index contributed by atoms with van der Waals surface area (Å²) in [6.45, 7) is 7.40. The number of carbonyl (C=O) groups excluding carboxylic acids is 4. The highest BCUT2D eigenvalue weighted by Crippen LogP contribution is 2.45. The van der Waals surface area contributed by atoms with E-state index in [1.807, 2.05) is 0 Å². The standard InChI is InChI=1S/C85H166O17P2/c1-6-9-12-15-18-21-24-26-28-29-33-36-40-44-49-54-59-64-69-83(88)96-75-81(102-85(90)71-66-61-56-51-46-41-37-34-31-30-32-35-38-43-47-52-57-62-67-78(4)5)77-100-104(93,94)98-73-79(86)72-97-103(91,92)99-76-80(74-95-82(87)68-63-58-53-48-42-23-20-17-14-11-8-3)101-84(89)70-65-60-55-50-45-39-27-25-22-19-16-13-10-7-2/h78-81,86H,6-77H2,1-5H3,(H,91,92)(H,93,94)/t79-,80+,81+/m0/s1. The maximum absolute atomic E-state index is 13.1. The third-order valence-corrected chi connectivity index (χ3v) is 21.9. The van der Waals surface area contributed by atoms with E-state index in [1.165, 1.54) is 283 Å². The summed E-state index contributed by atoms with van der Waals surface area (Å²) in [5.74, 6) is -1.28. The number of unbranched alkanes of at least 4 members (excludes halogenated alkanes) is 57. The van der Waals surface area contributed by atoms with E-state index >= 15 is 0 Å². The summed E-state index contributed by atoms with van der Waals surface area (Å²) in [7, 11) is -9.92. The molecule has 0 aromatic carbocycles. The Balaban J connectivity index is 5.23. The van der Waals surface area contributed by atoms with Crippen molar-refractivity contribution >= 4 is 39.5 Å². The zero-order chi connectivity index (χ0) is 76.2. The van der Waals surface area contributed by atoms with Crippen LogP contribution in [0, 0.1) is 5.92 Å². The molecule has 0 aromatic heterocycles. The van der Waals surface area contributed by atoms with Crippen LogP contribution in [0.3, 0.4) is 0 Å². The van der Waals surface area contributed by atoms with E-state index in [9.17, 15) is 43.2 Å². The van der Waals surface area contributed by atoms with Gasteiger partial charge in [0.25, 0.3) is 0 Å². The van der Waals surface area contributed by atoms with E-state index in [0.29, 0.717) is 25.7 Å². The van der Waals surface area contributed by atoms with Crippen LogP contribution in [-0.4, -0.2) is 96.7 Å². The van der Waals surface area contributed by atoms with Crippen molar-refractivity contribution in [2.45, 2.75) is 477 Å². The number of ether oxygens (including phenoxy) is 4. The molecular weight excluding hydrogens is 1350 g/mol. The highest BCUT2D eigenvalue weighted by molar-refractivity contribution is 7.47. The molecule has 0 saturated carbocycles. The average molecular weight is 1520 g/mol. The van der Waals surface area contributed by atoms with Crippen molar-refractivity contribution in [2.75, 3.05) is 39.6 Å². The van der Waals surface area contributed by atoms with Gasteiger partial charge in [0, 0.05) is 25.7 Å². The van der Waals surface area contributed by atoms with Crippen molar-refractivity contribution in [1.82, 2.24) is 0 Å². The SMILES string of the molecule is CCCCCCCCCCCCCCCCCCCCC(=O)OC[C@H](COP(=O)(O)OC[C@@H](O)COP(=O)(O)OC[C@@H](COC(=O)CCCCCCCCCCCCC)OC(=O)CCCCCCCCCCCCCCCC)OC(=O)CCCCCCCCCCCCCCCCCCCCC(C)C. The first-order valence-electron chi connectivity index (χ1n) is 44.1.